The van der Waals surface area contributed by atoms with E-state index in [0.29, 0.717) is 6.54 Å². The van der Waals surface area contributed by atoms with Crippen LogP contribution in [0.15, 0.2) is 17.1 Å². The molecule has 0 bridgehead atoms. The van der Waals surface area contributed by atoms with E-state index in [-0.39, 0.29) is 5.56 Å². The molecule has 1 aromatic heterocycles. The smallest absolute Gasteiger partial charge is 0.268 e. The Balaban J connectivity index is 1.77. The zero-order valence-corrected chi connectivity index (χ0v) is 11.9. The Kier molecular flexibility index (Phi) is 4.96. The summed E-state index contributed by atoms with van der Waals surface area (Å²) in [5, 5.41) is 7.71. The van der Waals surface area contributed by atoms with Crippen molar-refractivity contribution in [2.45, 2.75) is 45.2 Å². The van der Waals surface area contributed by atoms with Crippen LogP contribution in [0.25, 0.3) is 0 Å². The van der Waals surface area contributed by atoms with Gasteiger partial charge >= 0.3 is 0 Å². The van der Waals surface area contributed by atoms with Crippen molar-refractivity contribution in [3.63, 3.8) is 0 Å². The van der Waals surface area contributed by atoms with Crippen LogP contribution in [-0.2, 0) is 6.54 Å². The third-order valence-electron chi connectivity index (χ3n) is 3.58. The summed E-state index contributed by atoms with van der Waals surface area (Å²) in [6.45, 7) is 4.69. The Bertz CT molecular complexity index is 453. The molecule has 1 aliphatic carbocycles. The van der Waals surface area contributed by atoms with Crippen molar-refractivity contribution in [1.82, 2.24) is 15.1 Å². The van der Waals surface area contributed by atoms with Gasteiger partial charge in [-0.25, -0.2) is 4.68 Å². The molecule has 0 unspecified atom stereocenters. The van der Waals surface area contributed by atoms with E-state index in [2.05, 4.69) is 17.3 Å². The molecule has 0 spiro atoms. The van der Waals surface area contributed by atoms with E-state index >= 15 is 0 Å². The first-order valence-corrected chi connectivity index (χ1v) is 7.22. The first kappa shape index (κ1) is 14.1. The lowest BCUT2D eigenvalue weighted by Crippen LogP contribution is -2.26. The van der Waals surface area contributed by atoms with Crippen molar-refractivity contribution in [3.05, 3.63) is 22.6 Å². The predicted molar refractivity (Wildman–Crippen MR) is 77.7 cm³/mol. The van der Waals surface area contributed by atoms with Crippen LogP contribution in [0.4, 0.5) is 5.69 Å². The van der Waals surface area contributed by atoms with Crippen molar-refractivity contribution < 1.29 is 0 Å². The molecule has 2 rings (SSSR count). The van der Waals surface area contributed by atoms with Crippen molar-refractivity contribution in [3.8, 4) is 0 Å². The molecule has 106 valence electrons. The van der Waals surface area contributed by atoms with E-state index in [1.165, 1.54) is 12.8 Å². The number of unbranched alkanes of at least 4 members (excludes halogenated alkanes) is 1. The third kappa shape index (κ3) is 4.35. The van der Waals surface area contributed by atoms with Gasteiger partial charge < -0.3 is 10.2 Å². The number of nitrogens with one attached hydrogen (secondary N) is 1. The molecule has 1 fully saturated rings. The standard InChI is InChI=1S/C14H24N4O/c1-3-17(2)13-10-14(19)18(16-11-13)9-5-4-8-15-12-6-7-12/h10-12,15H,3-9H2,1-2H3. The molecule has 0 saturated heterocycles. The largest absolute Gasteiger partial charge is 0.373 e. The highest BCUT2D eigenvalue weighted by Gasteiger charge is 2.19. The van der Waals surface area contributed by atoms with Crippen LogP contribution in [0.2, 0.25) is 0 Å². The molecule has 1 saturated carbocycles. The lowest BCUT2D eigenvalue weighted by Gasteiger charge is -2.16. The monoisotopic (exact) mass is 264 g/mol. The summed E-state index contributed by atoms with van der Waals surface area (Å²) < 4.78 is 1.56. The molecule has 19 heavy (non-hydrogen) atoms. The van der Waals surface area contributed by atoms with Gasteiger partial charge in [-0.15, -0.1) is 0 Å². The zero-order chi connectivity index (χ0) is 13.7. The number of anilines is 1. The number of nitrogens with zero attached hydrogens (tertiary/aromatic N) is 3. The van der Waals surface area contributed by atoms with E-state index < -0.39 is 0 Å². The lowest BCUT2D eigenvalue weighted by molar-refractivity contribution is 0.515. The van der Waals surface area contributed by atoms with Crippen molar-refractivity contribution in [1.29, 1.82) is 0 Å². The van der Waals surface area contributed by atoms with Crippen LogP contribution in [0.3, 0.4) is 0 Å². The third-order valence-corrected chi connectivity index (χ3v) is 3.58. The molecule has 1 aliphatic rings. The molecule has 1 N–H and O–H groups in total. The Morgan fingerprint density at radius 1 is 1.47 bits per heavy atom. The quantitative estimate of drug-likeness (QED) is 0.718. The molecule has 5 heteroatoms. The Morgan fingerprint density at radius 2 is 2.26 bits per heavy atom. The van der Waals surface area contributed by atoms with E-state index in [0.717, 1.165) is 37.7 Å². The molecule has 0 aromatic carbocycles. The van der Waals surface area contributed by atoms with Gasteiger partial charge in [0.1, 0.15) is 0 Å². The fraction of sp³-hybridized carbons (Fsp3) is 0.714. The van der Waals surface area contributed by atoms with Crippen LogP contribution in [0, 0.1) is 0 Å². The number of hydrogen-bond acceptors (Lipinski definition) is 4. The summed E-state index contributed by atoms with van der Waals surface area (Å²) in [6, 6.07) is 2.43. The van der Waals surface area contributed by atoms with Crippen LogP contribution >= 0.6 is 0 Å². The Morgan fingerprint density at radius 3 is 2.89 bits per heavy atom. The molecule has 0 radical (unpaired) electrons. The van der Waals surface area contributed by atoms with Crippen molar-refractivity contribution in [2.75, 3.05) is 25.0 Å². The summed E-state index contributed by atoms with van der Waals surface area (Å²) in [5.74, 6) is 0. The summed E-state index contributed by atoms with van der Waals surface area (Å²) in [6.07, 6.45) is 6.52. The summed E-state index contributed by atoms with van der Waals surface area (Å²) in [5.41, 5.74) is 0.882. The maximum absolute atomic E-state index is 11.9. The predicted octanol–water partition coefficient (Wildman–Crippen LogP) is 1.23. The van der Waals surface area contributed by atoms with Gasteiger partial charge in [0.25, 0.3) is 5.56 Å². The molecule has 0 atom stereocenters. The average molecular weight is 264 g/mol. The van der Waals surface area contributed by atoms with Crippen molar-refractivity contribution >= 4 is 5.69 Å². The fourth-order valence-electron chi connectivity index (χ4n) is 1.96. The van der Waals surface area contributed by atoms with E-state index in [4.69, 9.17) is 0 Å². The molecule has 1 heterocycles. The topological polar surface area (TPSA) is 50.2 Å². The second-order valence-corrected chi connectivity index (χ2v) is 5.22. The molecule has 5 nitrogen and oxygen atoms in total. The van der Waals surface area contributed by atoms with E-state index in [9.17, 15) is 4.79 Å². The number of aryl methyl sites for hydroxylation is 1. The molecule has 1 aromatic rings. The molecular formula is C14H24N4O. The normalized spacial score (nSPS) is 14.6. The minimum atomic E-state index is -0.00653. The highest BCUT2D eigenvalue weighted by atomic mass is 16.1. The lowest BCUT2D eigenvalue weighted by atomic mass is 10.3. The second kappa shape index (κ2) is 6.70. The van der Waals surface area contributed by atoms with Gasteiger partial charge in [-0.3, -0.25) is 4.79 Å². The highest BCUT2D eigenvalue weighted by Crippen LogP contribution is 2.18. The zero-order valence-electron chi connectivity index (χ0n) is 11.9. The van der Waals surface area contributed by atoms with Gasteiger partial charge in [0, 0.05) is 32.2 Å². The average Bonchev–Trinajstić information content (AvgIpc) is 3.23. The maximum Gasteiger partial charge on any atom is 0.268 e. The Labute approximate surface area is 114 Å². The number of hydrogen-bond donors (Lipinski definition) is 1. The number of aromatic nitrogens is 2. The van der Waals surface area contributed by atoms with Crippen LogP contribution in [-0.4, -0.2) is 36.0 Å². The van der Waals surface area contributed by atoms with Crippen LogP contribution in [0.1, 0.15) is 32.6 Å². The Hall–Kier alpha value is -1.36. The first-order chi connectivity index (χ1) is 9.20. The summed E-state index contributed by atoms with van der Waals surface area (Å²) in [4.78, 5) is 13.9. The molecule has 0 aliphatic heterocycles. The SMILES string of the molecule is CCN(C)c1cnn(CCCCNC2CC2)c(=O)c1. The minimum absolute atomic E-state index is 0.00653. The van der Waals surface area contributed by atoms with Gasteiger partial charge in [-0.1, -0.05) is 0 Å². The highest BCUT2D eigenvalue weighted by molar-refractivity contribution is 5.41. The first-order valence-electron chi connectivity index (χ1n) is 7.22. The second-order valence-electron chi connectivity index (χ2n) is 5.22. The van der Waals surface area contributed by atoms with Gasteiger partial charge in [0.05, 0.1) is 11.9 Å². The molecule has 0 amide bonds. The van der Waals surface area contributed by atoms with Gasteiger partial charge in [0.2, 0.25) is 0 Å². The fourth-order valence-corrected chi connectivity index (χ4v) is 1.96. The van der Waals surface area contributed by atoms with E-state index in [1.807, 2.05) is 11.9 Å². The summed E-state index contributed by atoms with van der Waals surface area (Å²) >= 11 is 0. The molecular weight excluding hydrogens is 240 g/mol. The van der Waals surface area contributed by atoms with Crippen molar-refractivity contribution in [2.24, 2.45) is 0 Å². The van der Waals surface area contributed by atoms with Crippen LogP contribution < -0.4 is 15.8 Å². The number of rotatable bonds is 8. The minimum Gasteiger partial charge on any atom is -0.373 e. The van der Waals surface area contributed by atoms with Crippen LogP contribution in [0.5, 0.6) is 0 Å². The van der Waals surface area contributed by atoms with E-state index in [1.54, 1.807) is 16.9 Å². The van der Waals surface area contributed by atoms with Gasteiger partial charge in [-0.05, 0) is 39.2 Å². The maximum atomic E-state index is 11.9. The van der Waals surface area contributed by atoms with Gasteiger partial charge in [0.15, 0.2) is 0 Å². The summed E-state index contributed by atoms with van der Waals surface area (Å²) in [7, 11) is 1.96. The van der Waals surface area contributed by atoms with Gasteiger partial charge in [-0.2, -0.15) is 5.10 Å².